The van der Waals surface area contributed by atoms with E-state index in [4.69, 9.17) is 9.41 Å². The zero-order chi connectivity index (χ0) is 50.2. The molecule has 0 aromatic heterocycles. The quantitative estimate of drug-likeness (QED) is 0.0444. The molecule has 70 heavy (non-hydrogen) atoms. The van der Waals surface area contributed by atoms with E-state index in [9.17, 15) is 45.4 Å². The van der Waals surface area contributed by atoms with Gasteiger partial charge in [0.2, 0.25) is 0 Å². The number of aryl methyl sites for hydroxylation is 3. The number of aromatic carboxylic acids is 1. The first-order valence-corrected chi connectivity index (χ1v) is 24.2. The zero-order valence-corrected chi connectivity index (χ0v) is 39.6. The molecule has 0 fully saturated rings. The highest BCUT2D eigenvalue weighted by molar-refractivity contribution is 7.86. The summed E-state index contributed by atoms with van der Waals surface area (Å²) >= 11 is 0. The molecule has 1 aliphatic heterocycles. The lowest BCUT2D eigenvalue weighted by Gasteiger charge is -2.20. The Labute approximate surface area is 401 Å². The highest BCUT2D eigenvalue weighted by Crippen LogP contribution is 2.44. The van der Waals surface area contributed by atoms with Crippen LogP contribution < -0.4 is 31.9 Å². The summed E-state index contributed by atoms with van der Waals surface area (Å²) in [7, 11) is -9.96. The van der Waals surface area contributed by atoms with Crippen molar-refractivity contribution in [2.24, 2.45) is 4.99 Å². The first-order valence-electron chi connectivity index (χ1n) is 21.3. The number of carbonyl (C=O) groups is 3. The van der Waals surface area contributed by atoms with Gasteiger partial charge in [-0.05, 0) is 117 Å². The van der Waals surface area contributed by atoms with Gasteiger partial charge in [-0.25, -0.2) is 19.4 Å². The van der Waals surface area contributed by atoms with E-state index in [0.717, 1.165) is 11.6 Å². The number of nitrogens with one attached hydrogen (secondary N) is 5. The number of urea groups is 2. The fraction of sp³-hybridized carbons (Fsp3) is 0.0980. The van der Waals surface area contributed by atoms with E-state index in [1.165, 1.54) is 42.5 Å². The van der Waals surface area contributed by atoms with E-state index in [0.29, 0.717) is 50.4 Å². The topological polar surface area (TPSA) is 266 Å². The highest BCUT2D eigenvalue weighted by Gasteiger charge is 2.27. The van der Waals surface area contributed by atoms with Crippen molar-refractivity contribution in [3.8, 4) is 22.5 Å². The number of carbonyl (C=O) groups excluding carboxylic acids is 2. The molecule has 0 atom stereocenters. The Hall–Kier alpha value is -8.36. The van der Waals surface area contributed by atoms with Gasteiger partial charge in [0.15, 0.2) is 0 Å². The van der Waals surface area contributed by atoms with Gasteiger partial charge in [0.25, 0.3) is 20.2 Å². The van der Waals surface area contributed by atoms with E-state index < -0.39 is 48.1 Å². The maximum atomic E-state index is 13.3. The minimum absolute atomic E-state index is 0.00355. The Morgan fingerprint density at radius 2 is 1.21 bits per heavy atom. The minimum Gasteiger partial charge on any atom is -0.478 e. The zero-order valence-electron chi connectivity index (χ0n) is 38.0. The molecule has 0 radical (unpaired) electrons. The molecule has 0 spiro atoms. The summed E-state index contributed by atoms with van der Waals surface area (Å²) < 4.78 is 80.2. The van der Waals surface area contributed by atoms with Crippen molar-refractivity contribution in [3.05, 3.63) is 166 Å². The second-order valence-electron chi connectivity index (χ2n) is 16.4. The van der Waals surface area contributed by atoms with Crippen LogP contribution in [0.25, 0.3) is 33.4 Å². The van der Waals surface area contributed by atoms with Crippen LogP contribution in [0.5, 0.6) is 0 Å². The largest absolute Gasteiger partial charge is 0.478 e. The van der Waals surface area contributed by atoms with E-state index >= 15 is 0 Å². The molecule has 0 bridgehead atoms. The fourth-order valence-corrected chi connectivity index (χ4v) is 9.63. The Morgan fingerprint density at radius 3 is 1.93 bits per heavy atom. The smallest absolute Gasteiger partial charge is 0.337 e. The molecule has 19 heteroatoms. The molecule has 6 aromatic carbocycles. The Balaban J connectivity index is 1.28. The summed E-state index contributed by atoms with van der Waals surface area (Å²) in [6.45, 7) is 8.80. The number of anilines is 6. The lowest BCUT2D eigenvalue weighted by atomic mass is 9.93. The minimum atomic E-state index is -5.09. The molecule has 0 saturated carbocycles. The van der Waals surface area contributed by atoms with Gasteiger partial charge in [-0.3, -0.25) is 9.11 Å². The number of carboxylic acid groups (broad SMARTS) is 1. The van der Waals surface area contributed by atoms with Crippen LogP contribution in [-0.2, 0) is 20.2 Å². The first-order chi connectivity index (χ1) is 33.2. The molecule has 6 aromatic rings. The van der Waals surface area contributed by atoms with Crippen molar-refractivity contribution >= 4 is 89.0 Å². The van der Waals surface area contributed by atoms with Gasteiger partial charge < -0.3 is 36.1 Å². The standard InChI is InChI=1S/C51H44N6O11S2/c1-27-19-22-38(55-50(60)53-32-13-7-6-8-14-32)30(4)46(27)52-33-20-21-35-41(24-33)68-42-26-40(44(70(65,66)67)25-37(42)45(35)36-16-10-12-18-43(36)69(62,63)64)54-47-28(2)23-29(3)48(31(47)5)57-51(61)56-39-17-11-9-15-34(39)49(58)59/h6-26,52H,1-5H3,(H,58,59)(H2,53,55,60)(H2,56,57,61)(H,62,63,64)(H,65,66,67). The van der Waals surface area contributed by atoms with Gasteiger partial charge in [-0.1, -0.05) is 60.7 Å². The number of hydrogen-bond donors (Lipinski definition) is 8. The molecule has 4 amide bonds. The number of benzene rings is 7. The van der Waals surface area contributed by atoms with Crippen molar-refractivity contribution < 1.29 is 49.8 Å². The van der Waals surface area contributed by atoms with Crippen molar-refractivity contribution in [1.82, 2.24) is 0 Å². The van der Waals surface area contributed by atoms with Crippen LogP contribution >= 0.6 is 0 Å². The summed E-state index contributed by atoms with van der Waals surface area (Å²) in [6, 6.07) is 31.9. The average molecular weight is 981 g/mol. The average Bonchev–Trinajstić information content (AvgIpc) is 3.30. The van der Waals surface area contributed by atoms with Crippen LogP contribution in [0.3, 0.4) is 0 Å². The van der Waals surface area contributed by atoms with Crippen LogP contribution in [-0.4, -0.2) is 49.1 Å². The maximum Gasteiger partial charge on any atom is 0.337 e. The fourth-order valence-electron chi connectivity index (χ4n) is 8.30. The molecule has 8 rings (SSSR count). The van der Waals surface area contributed by atoms with Gasteiger partial charge in [0, 0.05) is 57.0 Å². The molecule has 2 aliphatic rings. The SMILES string of the molecule is Cc1cc(C)c(NC(=O)Nc2ccccc2C(=O)O)c(C)c1N=c1cc2oc3cc(Nc4c(C)ccc(NC(=O)Nc5ccccc5)c4C)ccc3c(-c3ccccc3S(=O)(=O)O)c-2cc1S(=O)(=O)O. The molecular formula is C51H44N6O11S2. The summed E-state index contributed by atoms with van der Waals surface area (Å²) in [4.78, 5) is 41.7. The second kappa shape index (κ2) is 19.0. The van der Waals surface area contributed by atoms with E-state index in [-0.39, 0.29) is 56.0 Å². The summed E-state index contributed by atoms with van der Waals surface area (Å²) in [6.07, 6.45) is 0. The molecule has 8 N–H and O–H groups in total. The number of amides is 4. The third kappa shape index (κ3) is 9.94. The highest BCUT2D eigenvalue weighted by atomic mass is 32.2. The number of rotatable bonds is 11. The predicted molar refractivity (Wildman–Crippen MR) is 268 cm³/mol. The summed E-state index contributed by atoms with van der Waals surface area (Å²) in [5.74, 6) is -1.25. The molecule has 1 heterocycles. The molecule has 17 nitrogen and oxygen atoms in total. The Kier molecular flexibility index (Phi) is 13.0. The number of nitrogens with zero attached hydrogens (tertiary/aromatic N) is 1. The van der Waals surface area contributed by atoms with Gasteiger partial charge in [0.05, 0.1) is 28.0 Å². The monoisotopic (exact) mass is 980 g/mol. The Morgan fingerprint density at radius 1 is 0.557 bits per heavy atom. The molecule has 1 aliphatic carbocycles. The number of fused-ring (bicyclic) bond motifs is 2. The molecule has 356 valence electrons. The van der Waals surface area contributed by atoms with Crippen molar-refractivity contribution in [2.45, 2.75) is 44.4 Å². The lowest BCUT2D eigenvalue weighted by molar-refractivity contribution is 0.0698. The molecule has 0 saturated heterocycles. The summed E-state index contributed by atoms with van der Waals surface area (Å²) in [5.41, 5.74) is 6.12. The maximum absolute atomic E-state index is 13.3. The van der Waals surface area contributed by atoms with Crippen molar-refractivity contribution in [2.75, 3.05) is 26.6 Å². The Bertz CT molecular complexity index is 3730. The molecular weight excluding hydrogens is 937 g/mol. The third-order valence-electron chi connectivity index (χ3n) is 11.5. The number of carboxylic acids is 1. The second-order valence-corrected chi connectivity index (χ2v) is 19.1. The van der Waals surface area contributed by atoms with Gasteiger partial charge in [0.1, 0.15) is 21.1 Å². The van der Waals surface area contributed by atoms with Crippen molar-refractivity contribution in [3.63, 3.8) is 0 Å². The molecule has 0 unspecified atom stereocenters. The van der Waals surface area contributed by atoms with Gasteiger partial charge in [-0.2, -0.15) is 16.8 Å². The van der Waals surface area contributed by atoms with Crippen LogP contribution in [0.2, 0.25) is 0 Å². The van der Waals surface area contributed by atoms with Crippen LogP contribution in [0.1, 0.15) is 38.2 Å². The van der Waals surface area contributed by atoms with Crippen LogP contribution in [0.15, 0.2) is 147 Å². The number of para-hydroxylation sites is 2. The lowest BCUT2D eigenvalue weighted by Crippen LogP contribution is -2.22. The van der Waals surface area contributed by atoms with Crippen molar-refractivity contribution in [1.29, 1.82) is 0 Å². The van der Waals surface area contributed by atoms with Gasteiger partial charge >= 0.3 is 18.0 Å². The predicted octanol–water partition coefficient (Wildman–Crippen LogP) is 11.2. The first kappa shape index (κ1) is 48.1. The normalized spacial score (nSPS) is 11.9. The van der Waals surface area contributed by atoms with Crippen LogP contribution in [0, 0.1) is 34.6 Å². The van der Waals surface area contributed by atoms with E-state index in [1.54, 1.807) is 87.5 Å². The summed E-state index contributed by atoms with van der Waals surface area (Å²) in [5, 5.41) is 24.0. The number of hydrogen-bond acceptors (Lipinski definition) is 10. The van der Waals surface area contributed by atoms with E-state index in [2.05, 4.69) is 26.6 Å². The van der Waals surface area contributed by atoms with E-state index in [1.807, 2.05) is 26.0 Å². The third-order valence-corrected chi connectivity index (χ3v) is 13.3. The van der Waals surface area contributed by atoms with Crippen LogP contribution in [0.4, 0.5) is 49.4 Å². The van der Waals surface area contributed by atoms with Gasteiger partial charge in [-0.15, -0.1) is 0 Å².